The van der Waals surface area contributed by atoms with Gasteiger partial charge in [0.05, 0.1) is 0 Å². The highest BCUT2D eigenvalue weighted by atomic mass is 32.2. The van der Waals surface area contributed by atoms with Crippen LogP contribution in [0.1, 0.15) is 25.3 Å². The van der Waals surface area contributed by atoms with Crippen LogP contribution in [0.25, 0.3) is 11.1 Å². The SMILES string of the molecule is CCCCc1cc2cccccc-2c1S(=O)(=O)O. The van der Waals surface area contributed by atoms with Crippen molar-refractivity contribution in [2.45, 2.75) is 31.1 Å². The first-order valence-corrected chi connectivity index (χ1v) is 7.46. The molecular formula is C14H16O3S. The summed E-state index contributed by atoms with van der Waals surface area (Å²) < 4.78 is 32.5. The van der Waals surface area contributed by atoms with Crippen molar-refractivity contribution in [3.8, 4) is 11.1 Å². The maximum absolute atomic E-state index is 11.5. The van der Waals surface area contributed by atoms with E-state index in [-0.39, 0.29) is 4.90 Å². The minimum Gasteiger partial charge on any atom is -0.282 e. The summed E-state index contributed by atoms with van der Waals surface area (Å²) in [4.78, 5) is 0.0714. The maximum atomic E-state index is 11.5. The molecule has 0 atom stereocenters. The molecule has 0 amide bonds. The summed E-state index contributed by atoms with van der Waals surface area (Å²) in [6.07, 6.45) is 2.56. The molecule has 0 heterocycles. The first-order chi connectivity index (χ1) is 8.54. The predicted molar refractivity (Wildman–Crippen MR) is 71.5 cm³/mol. The van der Waals surface area contributed by atoms with E-state index >= 15 is 0 Å². The number of hydrogen-bond acceptors (Lipinski definition) is 2. The zero-order chi connectivity index (χ0) is 13.2. The Morgan fingerprint density at radius 3 is 2.56 bits per heavy atom. The average Bonchev–Trinajstić information content (AvgIpc) is 2.50. The molecule has 0 aromatic rings. The molecule has 0 aromatic heterocycles. The van der Waals surface area contributed by atoms with Crippen molar-refractivity contribution >= 4 is 10.1 Å². The molecule has 0 saturated carbocycles. The fourth-order valence-corrected chi connectivity index (χ4v) is 3.13. The van der Waals surface area contributed by atoms with Crippen LogP contribution in [-0.4, -0.2) is 13.0 Å². The smallest absolute Gasteiger partial charge is 0.282 e. The molecular weight excluding hydrogens is 248 g/mol. The third-order valence-corrected chi connectivity index (χ3v) is 3.99. The predicted octanol–water partition coefficient (Wildman–Crippen LogP) is 3.38. The summed E-state index contributed by atoms with van der Waals surface area (Å²) in [6, 6.07) is 10.9. The minimum absolute atomic E-state index is 0.0714. The second-order valence-electron chi connectivity index (χ2n) is 4.36. The van der Waals surface area contributed by atoms with Gasteiger partial charge in [-0.25, -0.2) is 0 Å². The molecule has 3 nitrogen and oxygen atoms in total. The Hall–Kier alpha value is -1.39. The van der Waals surface area contributed by atoms with Gasteiger partial charge >= 0.3 is 0 Å². The minimum atomic E-state index is -4.18. The highest BCUT2D eigenvalue weighted by molar-refractivity contribution is 7.86. The van der Waals surface area contributed by atoms with E-state index < -0.39 is 10.1 Å². The van der Waals surface area contributed by atoms with E-state index in [0.717, 1.165) is 18.4 Å². The molecule has 2 aliphatic carbocycles. The summed E-state index contributed by atoms with van der Waals surface area (Å²) in [7, 11) is -4.18. The van der Waals surface area contributed by atoms with Gasteiger partial charge in [0.2, 0.25) is 0 Å². The highest BCUT2D eigenvalue weighted by Gasteiger charge is 2.23. The third-order valence-electron chi connectivity index (χ3n) is 3.00. The summed E-state index contributed by atoms with van der Waals surface area (Å²) in [5.74, 6) is 0. The molecule has 0 unspecified atom stereocenters. The zero-order valence-corrected chi connectivity index (χ0v) is 11.1. The van der Waals surface area contributed by atoms with E-state index in [1.165, 1.54) is 0 Å². The Morgan fingerprint density at radius 2 is 1.89 bits per heavy atom. The molecule has 18 heavy (non-hydrogen) atoms. The fraction of sp³-hybridized carbons (Fsp3) is 0.286. The highest BCUT2D eigenvalue weighted by Crippen LogP contribution is 2.35. The molecule has 0 aromatic carbocycles. The average molecular weight is 264 g/mol. The molecule has 4 heteroatoms. The van der Waals surface area contributed by atoms with E-state index in [1.54, 1.807) is 12.1 Å². The van der Waals surface area contributed by atoms with Crippen LogP contribution >= 0.6 is 0 Å². The lowest BCUT2D eigenvalue weighted by molar-refractivity contribution is 0.482. The second kappa shape index (κ2) is 5.08. The van der Waals surface area contributed by atoms with E-state index in [1.807, 2.05) is 24.3 Å². The van der Waals surface area contributed by atoms with Gasteiger partial charge < -0.3 is 0 Å². The number of unbranched alkanes of at least 4 members (excludes halogenated alkanes) is 1. The standard InChI is InChI=1S/C14H16O3S/c1-2-3-7-12-10-11-8-5-4-6-9-13(11)14(12)18(15,16)17/h4-6,8-10H,2-3,7H2,1H3,(H,15,16,17). The van der Waals surface area contributed by atoms with Gasteiger partial charge in [-0.05, 0) is 30.0 Å². The molecule has 2 rings (SSSR count). The molecule has 0 fully saturated rings. The number of fused-ring (bicyclic) bond motifs is 1. The van der Waals surface area contributed by atoms with Gasteiger partial charge in [0.1, 0.15) is 4.90 Å². The first kappa shape index (κ1) is 13.1. The number of hydrogen-bond donors (Lipinski definition) is 1. The van der Waals surface area contributed by atoms with E-state index in [2.05, 4.69) is 6.92 Å². The molecule has 96 valence electrons. The fourth-order valence-electron chi connectivity index (χ4n) is 2.18. The van der Waals surface area contributed by atoms with Gasteiger partial charge in [-0.3, -0.25) is 4.55 Å². The van der Waals surface area contributed by atoms with E-state index in [9.17, 15) is 13.0 Å². The van der Waals surface area contributed by atoms with Crippen LogP contribution in [0.3, 0.4) is 0 Å². The summed E-state index contributed by atoms with van der Waals surface area (Å²) >= 11 is 0. The van der Waals surface area contributed by atoms with Gasteiger partial charge in [0.25, 0.3) is 10.1 Å². The lowest BCUT2D eigenvalue weighted by atomic mass is 10.1. The zero-order valence-electron chi connectivity index (χ0n) is 10.3. The summed E-state index contributed by atoms with van der Waals surface area (Å²) in [5.41, 5.74) is 2.15. The van der Waals surface area contributed by atoms with E-state index in [4.69, 9.17) is 0 Å². The Balaban J connectivity index is 2.65. The van der Waals surface area contributed by atoms with Crippen molar-refractivity contribution in [3.05, 3.63) is 42.0 Å². The lowest BCUT2D eigenvalue weighted by Gasteiger charge is -2.02. The van der Waals surface area contributed by atoms with Crippen molar-refractivity contribution in [2.24, 2.45) is 0 Å². The molecule has 1 N–H and O–H groups in total. The van der Waals surface area contributed by atoms with Crippen LogP contribution in [0.5, 0.6) is 0 Å². The molecule has 0 saturated heterocycles. The van der Waals surface area contributed by atoms with Crippen molar-refractivity contribution < 1.29 is 13.0 Å². The molecule has 2 aliphatic rings. The molecule has 0 bridgehead atoms. The van der Waals surface area contributed by atoms with Crippen LogP contribution in [0.4, 0.5) is 0 Å². The number of aryl methyl sites for hydroxylation is 1. The third kappa shape index (κ3) is 2.54. The van der Waals surface area contributed by atoms with Gasteiger partial charge in [0.15, 0.2) is 0 Å². The largest absolute Gasteiger partial charge is 0.295 e. The Kier molecular flexibility index (Phi) is 3.68. The summed E-state index contributed by atoms with van der Waals surface area (Å²) in [5, 5.41) is 0. The van der Waals surface area contributed by atoms with Crippen molar-refractivity contribution in [3.63, 3.8) is 0 Å². The van der Waals surface area contributed by atoms with Crippen LogP contribution in [0.15, 0.2) is 41.3 Å². The second-order valence-corrected chi connectivity index (χ2v) is 5.72. The quantitative estimate of drug-likeness (QED) is 0.861. The van der Waals surface area contributed by atoms with Crippen LogP contribution in [0, 0.1) is 0 Å². The summed E-state index contributed by atoms with van der Waals surface area (Å²) in [6.45, 7) is 2.05. The van der Waals surface area contributed by atoms with Crippen LogP contribution in [-0.2, 0) is 16.5 Å². The molecule has 0 radical (unpaired) electrons. The van der Waals surface area contributed by atoms with Crippen molar-refractivity contribution in [1.29, 1.82) is 0 Å². The van der Waals surface area contributed by atoms with Gasteiger partial charge in [0, 0.05) is 5.56 Å². The van der Waals surface area contributed by atoms with Gasteiger partial charge in [-0.2, -0.15) is 8.42 Å². The topological polar surface area (TPSA) is 54.4 Å². The molecule has 0 spiro atoms. The van der Waals surface area contributed by atoms with Crippen LogP contribution in [0.2, 0.25) is 0 Å². The Bertz CT molecular complexity index is 617. The lowest BCUT2D eigenvalue weighted by Crippen LogP contribution is -2.01. The van der Waals surface area contributed by atoms with Crippen LogP contribution < -0.4 is 0 Å². The van der Waals surface area contributed by atoms with E-state index in [0.29, 0.717) is 17.5 Å². The molecule has 0 aliphatic heterocycles. The Morgan fingerprint density at radius 1 is 1.17 bits per heavy atom. The normalized spacial score (nSPS) is 11.9. The van der Waals surface area contributed by atoms with Crippen molar-refractivity contribution in [2.75, 3.05) is 0 Å². The maximum Gasteiger partial charge on any atom is 0.295 e. The Labute approximate surface area is 108 Å². The van der Waals surface area contributed by atoms with Crippen molar-refractivity contribution in [1.82, 2.24) is 0 Å². The first-order valence-electron chi connectivity index (χ1n) is 6.02. The number of rotatable bonds is 4. The van der Waals surface area contributed by atoms with Gasteiger partial charge in [-0.15, -0.1) is 0 Å². The monoisotopic (exact) mass is 264 g/mol. The van der Waals surface area contributed by atoms with Gasteiger partial charge in [-0.1, -0.05) is 43.7 Å².